The van der Waals surface area contributed by atoms with Crippen LogP contribution in [0.15, 0.2) is 76.8 Å². The molecule has 0 atom stereocenters. The maximum Gasteiger partial charge on any atom is 0.262 e. The zero-order chi connectivity index (χ0) is 23.6. The van der Waals surface area contributed by atoms with Crippen LogP contribution in [-0.4, -0.2) is 12.5 Å². The zero-order valence-electron chi connectivity index (χ0n) is 18.0. The van der Waals surface area contributed by atoms with E-state index in [1.54, 1.807) is 24.3 Å². The molecule has 0 spiro atoms. The summed E-state index contributed by atoms with van der Waals surface area (Å²) in [6.45, 7) is 2.80. The van der Waals surface area contributed by atoms with Crippen LogP contribution in [0.1, 0.15) is 23.6 Å². The van der Waals surface area contributed by atoms with Gasteiger partial charge in [-0.1, -0.05) is 58.4 Å². The summed E-state index contributed by atoms with van der Waals surface area (Å²) < 4.78 is 25.3. The monoisotopic (exact) mass is 508 g/mol. The van der Waals surface area contributed by atoms with Gasteiger partial charge in [-0.05, 0) is 54.0 Å². The summed E-state index contributed by atoms with van der Waals surface area (Å²) in [7, 11) is 0. The molecule has 3 aromatic rings. The Balaban J connectivity index is 1.78. The largest absolute Gasteiger partial charge is 0.490 e. The fourth-order valence-electron chi connectivity index (χ4n) is 2.96. The van der Waals surface area contributed by atoms with Gasteiger partial charge in [0.25, 0.3) is 5.91 Å². The molecule has 0 saturated carbocycles. The maximum absolute atomic E-state index is 13.1. The number of carbonyl (C=O) groups is 1. The second-order valence-corrected chi connectivity index (χ2v) is 7.86. The van der Waals surface area contributed by atoms with Crippen molar-refractivity contribution in [2.24, 2.45) is 0 Å². The highest BCUT2D eigenvalue weighted by Crippen LogP contribution is 2.35. The Kier molecular flexibility index (Phi) is 8.62. The number of hydrogen-bond acceptors (Lipinski definition) is 4. The fraction of sp³-hybridized carbons (Fsp3) is 0.154. The normalized spacial score (nSPS) is 10.9. The van der Waals surface area contributed by atoms with Crippen molar-refractivity contribution < 1.29 is 18.7 Å². The van der Waals surface area contributed by atoms with Gasteiger partial charge in [-0.15, -0.1) is 0 Å². The van der Waals surface area contributed by atoms with E-state index in [1.807, 2.05) is 43.3 Å². The van der Waals surface area contributed by atoms with Crippen molar-refractivity contribution in [1.29, 1.82) is 5.26 Å². The predicted octanol–water partition coefficient (Wildman–Crippen LogP) is 5.79. The Morgan fingerprint density at radius 2 is 1.76 bits per heavy atom. The van der Waals surface area contributed by atoms with Crippen LogP contribution in [0.2, 0.25) is 0 Å². The summed E-state index contributed by atoms with van der Waals surface area (Å²) in [6, 6.07) is 20.9. The minimum absolute atomic E-state index is 0.0333. The van der Waals surface area contributed by atoms with Gasteiger partial charge in [-0.2, -0.15) is 5.26 Å². The number of ether oxygens (including phenoxy) is 2. The van der Waals surface area contributed by atoms with Crippen molar-refractivity contribution in [3.8, 4) is 17.6 Å². The van der Waals surface area contributed by atoms with Gasteiger partial charge >= 0.3 is 0 Å². The van der Waals surface area contributed by atoms with Crippen LogP contribution in [0.25, 0.3) is 6.08 Å². The molecule has 0 radical (unpaired) electrons. The van der Waals surface area contributed by atoms with Gasteiger partial charge in [0.05, 0.1) is 6.61 Å². The van der Waals surface area contributed by atoms with E-state index >= 15 is 0 Å². The number of rotatable bonds is 9. The third-order valence-electron chi connectivity index (χ3n) is 4.63. The molecular formula is C26H22BrFN2O3. The number of amides is 1. The Morgan fingerprint density at radius 1 is 1.06 bits per heavy atom. The highest BCUT2D eigenvalue weighted by Gasteiger charge is 2.14. The first kappa shape index (κ1) is 24.0. The van der Waals surface area contributed by atoms with Crippen molar-refractivity contribution in [3.05, 3.63) is 99.3 Å². The van der Waals surface area contributed by atoms with E-state index in [4.69, 9.17) is 9.47 Å². The number of nitrogens with zero attached hydrogens (tertiary/aromatic N) is 1. The molecule has 0 aliphatic rings. The van der Waals surface area contributed by atoms with Crippen molar-refractivity contribution in [2.45, 2.75) is 20.1 Å². The number of benzene rings is 3. The summed E-state index contributed by atoms with van der Waals surface area (Å²) in [5, 5.41) is 12.3. The van der Waals surface area contributed by atoms with Crippen molar-refractivity contribution in [3.63, 3.8) is 0 Å². The van der Waals surface area contributed by atoms with E-state index in [-0.39, 0.29) is 18.0 Å². The Bertz CT molecular complexity index is 1170. The lowest BCUT2D eigenvalue weighted by Gasteiger charge is -2.14. The van der Waals surface area contributed by atoms with Crippen molar-refractivity contribution >= 4 is 27.9 Å². The van der Waals surface area contributed by atoms with Crippen LogP contribution in [0.4, 0.5) is 4.39 Å². The first-order valence-electron chi connectivity index (χ1n) is 10.3. The van der Waals surface area contributed by atoms with Gasteiger partial charge in [-0.25, -0.2) is 4.39 Å². The molecule has 0 aliphatic heterocycles. The first-order valence-corrected chi connectivity index (χ1v) is 11.1. The Hall–Kier alpha value is -3.63. The molecule has 0 fully saturated rings. The molecule has 3 aromatic carbocycles. The highest BCUT2D eigenvalue weighted by molar-refractivity contribution is 9.10. The molecule has 3 rings (SSSR count). The summed E-state index contributed by atoms with van der Waals surface area (Å²) >= 11 is 3.48. The second-order valence-electron chi connectivity index (χ2n) is 7.01. The topological polar surface area (TPSA) is 71.3 Å². The molecule has 1 N–H and O–H groups in total. The molecule has 1 amide bonds. The van der Waals surface area contributed by atoms with Gasteiger partial charge in [-0.3, -0.25) is 4.79 Å². The van der Waals surface area contributed by atoms with E-state index in [2.05, 4.69) is 21.2 Å². The van der Waals surface area contributed by atoms with Crippen molar-refractivity contribution in [2.75, 3.05) is 6.61 Å². The SMILES string of the molecule is CCOc1cc(/C=C(\C#N)C(=O)NCc2ccccc2)c(Br)cc1OCc1ccc(F)cc1. The average molecular weight is 509 g/mol. The average Bonchev–Trinajstić information content (AvgIpc) is 2.83. The third kappa shape index (κ3) is 6.93. The summed E-state index contributed by atoms with van der Waals surface area (Å²) in [4.78, 5) is 12.5. The van der Waals surface area contributed by atoms with Gasteiger partial charge in [0.2, 0.25) is 0 Å². The van der Waals surface area contributed by atoms with Crippen LogP contribution in [0, 0.1) is 17.1 Å². The summed E-state index contributed by atoms with van der Waals surface area (Å²) in [5.74, 6) is 0.171. The van der Waals surface area contributed by atoms with Crippen LogP contribution >= 0.6 is 15.9 Å². The van der Waals surface area contributed by atoms with Crippen LogP contribution in [0.5, 0.6) is 11.5 Å². The molecule has 33 heavy (non-hydrogen) atoms. The maximum atomic E-state index is 13.1. The molecule has 0 saturated heterocycles. The molecule has 0 aromatic heterocycles. The minimum Gasteiger partial charge on any atom is -0.490 e. The van der Waals surface area contributed by atoms with E-state index in [0.29, 0.717) is 34.7 Å². The Labute approximate surface area is 200 Å². The second kappa shape index (κ2) is 11.8. The number of carbonyl (C=O) groups excluding carboxylic acids is 1. The van der Waals surface area contributed by atoms with E-state index in [9.17, 15) is 14.4 Å². The van der Waals surface area contributed by atoms with Gasteiger partial charge in [0, 0.05) is 11.0 Å². The number of halogens is 2. The molecule has 0 heterocycles. The molecule has 0 aliphatic carbocycles. The van der Waals surface area contributed by atoms with Crippen LogP contribution in [-0.2, 0) is 17.9 Å². The quantitative estimate of drug-likeness (QED) is 0.293. The van der Waals surface area contributed by atoms with E-state index in [1.165, 1.54) is 18.2 Å². The molecule has 7 heteroatoms. The number of nitrogens with one attached hydrogen (secondary N) is 1. The lowest BCUT2D eigenvalue weighted by Crippen LogP contribution is -2.23. The lowest BCUT2D eigenvalue weighted by molar-refractivity contribution is -0.117. The standard InChI is InChI=1S/C26H22BrFN2O3/c1-2-32-24-13-20(12-21(15-29)26(31)30-16-18-6-4-3-5-7-18)23(27)14-25(24)33-17-19-8-10-22(28)11-9-19/h3-14H,2,16-17H2,1H3,(H,30,31)/b21-12+. The summed E-state index contributed by atoms with van der Waals surface area (Å²) in [5.41, 5.74) is 2.31. The van der Waals surface area contributed by atoms with Crippen LogP contribution < -0.4 is 14.8 Å². The predicted molar refractivity (Wildman–Crippen MR) is 128 cm³/mol. The number of hydrogen-bond donors (Lipinski definition) is 1. The van der Waals surface area contributed by atoms with E-state index in [0.717, 1.165) is 11.1 Å². The first-order chi connectivity index (χ1) is 16.0. The van der Waals surface area contributed by atoms with E-state index < -0.39 is 5.91 Å². The zero-order valence-corrected chi connectivity index (χ0v) is 19.6. The van der Waals surface area contributed by atoms with Gasteiger partial charge in [0.1, 0.15) is 24.1 Å². The van der Waals surface area contributed by atoms with Crippen molar-refractivity contribution in [1.82, 2.24) is 5.32 Å². The fourth-order valence-corrected chi connectivity index (χ4v) is 3.40. The highest BCUT2D eigenvalue weighted by atomic mass is 79.9. The summed E-state index contributed by atoms with van der Waals surface area (Å²) in [6.07, 6.45) is 1.50. The van der Waals surface area contributed by atoms with Gasteiger partial charge in [0.15, 0.2) is 11.5 Å². The van der Waals surface area contributed by atoms with Crippen LogP contribution in [0.3, 0.4) is 0 Å². The molecule has 5 nitrogen and oxygen atoms in total. The third-order valence-corrected chi connectivity index (χ3v) is 5.32. The lowest BCUT2D eigenvalue weighted by atomic mass is 10.1. The molecule has 0 bridgehead atoms. The molecule has 168 valence electrons. The smallest absolute Gasteiger partial charge is 0.262 e. The Morgan fingerprint density at radius 3 is 2.42 bits per heavy atom. The number of nitriles is 1. The van der Waals surface area contributed by atoms with Gasteiger partial charge < -0.3 is 14.8 Å². The molecule has 0 unspecified atom stereocenters. The minimum atomic E-state index is -0.470. The molecular weight excluding hydrogens is 487 g/mol.